The fraction of sp³-hybridized carbons (Fsp3) is 0.238. The Balaban J connectivity index is 1.76. The van der Waals surface area contributed by atoms with Crippen molar-refractivity contribution < 1.29 is 9.18 Å². The number of halogens is 1. The van der Waals surface area contributed by atoms with Gasteiger partial charge >= 0.3 is 0 Å². The third-order valence-corrected chi connectivity index (χ3v) is 6.04. The summed E-state index contributed by atoms with van der Waals surface area (Å²) in [7, 11) is 0. The van der Waals surface area contributed by atoms with Crippen molar-refractivity contribution in [2.24, 2.45) is 16.0 Å². The number of hydrogen-bond acceptors (Lipinski definition) is 4. The highest BCUT2D eigenvalue weighted by Crippen LogP contribution is 2.31. The number of fused-ring (bicyclic) bond motifs is 1. The summed E-state index contributed by atoms with van der Waals surface area (Å²) in [5.74, 6) is -0.610. The number of benzene rings is 1. The number of nitrogens with zero attached hydrogens (tertiary/aromatic N) is 4. The van der Waals surface area contributed by atoms with Crippen molar-refractivity contribution in [3.63, 3.8) is 0 Å². The van der Waals surface area contributed by atoms with Crippen LogP contribution in [0.5, 0.6) is 0 Å². The monoisotopic (exact) mass is 409 g/mol. The third-order valence-electron chi connectivity index (χ3n) is 4.83. The first-order valence-corrected chi connectivity index (χ1v) is 10.0. The van der Waals surface area contributed by atoms with Gasteiger partial charge in [0, 0.05) is 17.3 Å². The molecule has 148 valence electrons. The van der Waals surface area contributed by atoms with Crippen molar-refractivity contribution >= 4 is 39.8 Å². The second-order valence-electron chi connectivity index (χ2n) is 7.23. The van der Waals surface area contributed by atoms with Crippen LogP contribution in [-0.2, 0) is 4.79 Å². The van der Waals surface area contributed by atoms with E-state index in [1.807, 2.05) is 33.8 Å². The zero-order valence-corrected chi connectivity index (χ0v) is 17.3. The number of amides is 1. The second-order valence-corrected chi connectivity index (χ2v) is 8.21. The average Bonchev–Trinajstić information content (AvgIpc) is 3.21. The molecule has 1 amide bonds. The highest BCUT2D eigenvalue weighted by atomic mass is 32.2. The molecule has 2 aromatic rings. The molecule has 1 aromatic heterocycles. The predicted molar refractivity (Wildman–Crippen MR) is 115 cm³/mol. The van der Waals surface area contributed by atoms with Gasteiger partial charge in [0.2, 0.25) is 5.17 Å². The van der Waals surface area contributed by atoms with Crippen molar-refractivity contribution in [3.05, 3.63) is 58.7 Å². The van der Waals surface area contributed by atoms with Gasteiger partial charge in [-0.3, -0.25) is 10.2 Å². The number of rotatable bonds is 3. The molecule has 1 N–H and O–H groups in total. The molecular formula is C21H20FN5OS. The average molecular weight is 409 g/mol. The van der Waals surface area contributed by atoms with Crippen LogP contribution in [-0.4, -0.2) is 31.5 Å². The summed E-state index contributed by atoms with van der Waals surface area (Å²) in [4.78, 5) is 16.7. The van der Waals surface area contributed by atoms with Gasteiger partial charge < -0.3 is 4.57 Å². The Hall–Kier alpha value is -3.00. The molecular weight excluding hydrogens is 389 g/mol. The van der Waals surface area contributed by atoms with Crippen molar-refractivity contribution in [1.82, 2.24) is 9.58 Å². The van der Waals surface area contributed by atoms with Crippen LogP contribution in [0.4, 0.5) is 4.39 Å². The maximum absolute atomic E-state index is 14.3. The summed E-state index contributed by atoms with van der Waals surface area (Å²) in [6.45, 7) is 7.75. The number of carbonyl (C=O) groups excluding carboxylic acids is 1. The molecule has 0 bridgehead atoms. The first kappa shape index (κ1) is 19.3. The van der Waals surface area contributed by atoms with Crippen LogP contribution < -0.4 is 0 Å². The first-order valence-electron chi connectivity index (χ1n) is 9.22. The molecule has 3 heterocycles. The number of aromatic nitrogens is 1. The van der Waals surface area contributed by atoms with Crippen LogP contribution in [0.2, 0.25) is 0 Å². The Labute approximate surface area is 172 Å². The third kappa shape index (κ3) is 3.23. The molecule has 1 aromatic carbocycles. The summed E-state index contributed by atoms with van der Waals surface area (Å²) in [5.41, 5.74) is 2.95. The first-order chi connectivity index (χ1) is 13.8. The van der Waals surface area contributed by atoms with E-state index < -0.39 is 5.91 Å². The van der Waals surface area contributed by atoms with Crippen LogP contribution in [0.3, 0.4) is 0 Å². The Bertz CT molecular complexity index is 1140. The Kier molecular flexibility index (Phi) is 4.74. The highest BCUT2D eigenvalue weighted by Gasteiger charge is 2.36. The molecule has 0 saturated heterocycles. The topological polar surface area (TPSA) is 73.8 Å². The minimum absolute atomic E-state index is 0.00107. The van der Waals surface area contributed by atoms with Gasteiger partial charge in [-0.05, 0) is 55.4 Å². The van der Waals surface area contributed by atoms with Crippen LogP contribution in [0, 0.1) is 31.0 Å². The van der Waals surface area contributed by atoms with Gasteiger partial charge in [0.05, 0.1) is 11.3 Å². The molecule has 2 aliphatic heterocycles. The van der Waals surface area contributed by atoms with Gasteiger partial charge in [-0.2, -0.15) is 15.1 Å². The molecule has 0 unspecified atom stereocenters. The largest absolute Gasteiger partial charge is 0.315 e. The SMILES string of the molecule is Cc1cc(C=C2C(=N)N3N=C(C(C)C)SC3=NC2=O)c(C)n1-c1ccccc1F. The minimum Gasteiger partial charge on any atom is -0.315 e. The highest BCUT2D eigenvalue weighted by molar-refractivity contribution is 8.27. The van der Waals surface area contributed by atoms with E-state index in [2.05, 4.69) is 10.1 Å². The van der Waals surface area contributed by atoms with E-state index in [4.69, 9.17) is 5.41 Å². The minimum atomic E-state index is -0.468. The Morgan fingerprint density at radius 3 is 2.66 bits per heavy atom. The fourth-order valence-corrected chi connectivity index (χ4v) is 4.23. The van der Waals surface area contributed by atoms with Gasteiger partial charge in [0.15, 0.2) is 5.84 Å². The van der Waals surface area contributed by atoms with Crippen molar-refractivity contribution in [2.75, 3.05) is 0 Å². The van der Waals surface area contributed by atoms with Gasteiger partial charge in [-0.25, -0.2) is 4.39 Å². The number of aryl methyl sites for hydroxylation is 1. The Morgan fingerprint density at radius 2 is 1.97 bits per heavy atom. The van der Waals surface area contributed by atoms with Gasteiger partial charge in [0.25, 0.3) is 5.91 Å². The molecule has 0 saturated carbocycles. The van der Waals surface area contributed by atoms with E-state index >= 15 is 0 Å². The number of carbonyl (C=O) groups is 1. The standard InChI is InChI=1S/C21H20FN5OS/c1-11(2)20-25-27-18(23)15(19(28)24-21(27)29-20)10-14-9-12(3)26(13(14)4)17-8-6-5-7-16(17)22/h5-11,23H,1-4H3. The lowest BCUT2D eigenvalue weighted by atomic mass is 10.1. The number of para-hydroxylation sites is 1. The molecule has 0 aliphatic carbocycles. The zero-order valence-electron chi connectivity index (χ0n) is 16.5. The summed E-state index contributed by atoms with van der Waals surface area (Å²) >= 11 is 1.32. The summed E-state index contributed by atoms with van der Waals surface area (Å²) in [6, 6.07) is 8.42. The molecule has 29 heavy (non-hydrogen) atoms. The lowest BCUT2D eigenvalue weighted by Gasteiger charge is -2.20. The summed E-state index contributed by atoms with van der Waals surface area (Å²) in [5, 5.41) is 15.6. The molecule has 2 aliphatic rings. The second kappa shape index (κ2) is 7.11. The molecule has 4 rings (SSSR count). The smallest absolute Gasteiger partial charge is 0.283 e. The van der Waals surface area contributed by atoms with E-state index in [1.165, 1.54) is 22.8 Å². The fourth-order valence-electron chi connectivity index (χ4n) is 3.33. The van der Waals surface area contributed by atoms with Crippen molar-refractivity contribution in [3.8, 4) is 5.69 Å². The van der Waals surface area contributed by atoms with E-state index in [0.717, 1.165) is 22.0 Å². The maximum Gasteiger partial charge on any atom is 0.283 e. The van der Waals surface area contributed by atoms with E-state index in [9.17, 15) is 9.18 Å². The molecule has 0 atom stereocenters. The summed E-state index contributed by atoms with van der Waals surface area (Å²) < 4.78 is 16.1. The number of hydrogen-bond donors (Lipinski definition) is 1. The number of amidine groups is 2. The van der Waals surface area contributed by atoms with Gasteiger partial charge in [-0.15, -0.1) is 0 Å². The van der Waals surface area contributed by atoms with E-state index in [-0.39, 0.29) is 23.1 Å². The molecule has 8 heteroatoms. The number of nitrogens with one attached hydrogen (secondary N) is 1. The molecule has 6 nitrogen and oxygen atoms in total. The number of hydrazone groups is 1. The molecule has 0 fully saturated rings. The van der Waals surface area contributed by atoms with Crippen molar-refractivity contribution in [1.29, 1.82) is 5.41 Å². The maximum atomic E-state index is 14.3. The van der Waals surface area contributed by atoms with Crippen molar-refractivity contribution in [2.45, 2.75) is 27.7 Å². The van der Waals surface area contributed by atoms with E-state index in [1.54, 1.807) is 28.8 Å². The van der Waals surface area contributed by atoms with Gasteiger partial charge in [-0.1, -0.05) is 26.0 Å². The number of thioether (sulfide) groups is 1. The van der Waals surface area contributed by atoms with Crippen LogP contribution in [0.15, 0.2) is 46.0 Å². The quantitative estimate of drug-likeness (QED) is 0.758. The number of aliphatic imine (C=N–C) groups is 1. The predicted octanol–water partition coefficient (Wildman–Crippen LogP) is 4.51. The lowest BCUT2D eigenvalue weighted by molar-refractivity contribution is -0.114. The van der Waals surface area contributed by atoms with E-state index in [0.29, 0.717) is 10.9 Å². The van der Waals surface area contributed by atoms with Crippen LogP contribution in [0.1, 0.15) is 30.8 Å². The normalized spacial score (nSPS) is 17.9. The molecule has 0 spiro atoms. The molecule has 0 radical (unpaired) electrons. The lowest BCUT2D eigenvalue weighted by Crippen LogP contribution is -2.35. The zero-order chi connectivity index (χ0) is 20.9. The summed E-state index contributed by atoms with van der Waals surface area (Å²) in [6.07, 6.45) is 1.64. The van der Waals surface area contributed by atoms with Crippen LogP contribution in [0.25, 0.3) is 11.8 Å². The Morgan fingerprint density at radius 1 is 1.24 bits per heavy atom. The van der Waals surface area contributed by atoms with Crippen LogP contribution >= 0.6 is 11.8 Å². The van der Waals surface area contributed by atoms with Gasteiger partial charge in [0.1, 0.15) is 10.9 Å².